The van der Waals surface area contributed by atoms with Crippen LogP contribution in [0, 0.1) is 28.6 Å². The Morgan fingerprint density at radius 2 is 1.71 bits per heavy atom. The molecule has 0 aromatic heterocycles. The van der Waals surface area contributed by atoms with Crippen LogP contribution in [0.1, 0.15) is 32.1 Å². The van der Waals surface area contributed by atoms with Gasteiger partial charge < -0.3 is 18.8 Å². The molecule has 0 aromatic carbocycles. The number of aliphatic hydroxyl groups is 1. The first-order valence-corrected chi connectivity index (χ1v) is 8.92. The first-order valence-electron chi connectivity index (χ1n) is 7.42. The van der Waals surface area contributed by atoms with E-state index in [0.717, 1.165) is 18.8 Å². The second kappa shape index (κ2) is 3.91. The molecular weight excluding hydrogens is 304 g/mol. The molecule has 4 rings (SSSR count). The quantitative estimate of drug-likeness (QED) is 0.501. The Morgan fingerprint density at radius 3 is 2.19 bits per heavy atom. The van der Waals surface area contributed by atoms with Gasteiger partial charge in [-0.05, 0) is 60.7 Å². The van der Waals surface area contributed by atoms with Crippen LogP contribution in [-0.2, 0) is 0 Å². The third kappa shape index (κ3) is 1.54. The summed E-state index contributed by atoms with van der Waals surface area (Å²) in [6.07, 6.45) is 3.28. The maximum absolute atomic E-state index is 13.5. The fourth-order valence-electron chi connectivity index (χ4n) is 6.26. The molecule has 0 aromatic rings. The predicted molar refractivity (Wildman–Crippen MR) is 72.9 cm³/mol. The minimum absolute atomic E-state index is 0.0109. The van der Waals surface area contributed by atoms with Crippen molar-refractivity contribution in [1.29, 1.82) is 0 Å². The van der Waals surface area contributed by atoms with Gasteiger partial charge in [0.2, 0.25) is 0 Å². The van der Waals surface area contributed by atoms with Crippen LogP contribution in [0.3, 0.4) is 0 Å². The molecule has 2 bridgehead atoms. The predicted octanol–water partition coefficient (Wildman–Crippen LogP) is 2.54. The van der Waals surface area contributed by atoms with Gasteiger partial charge in [-0.15, -0.1) is 0 Å². The molecule has 5 N–H and O–H groups in total. The van der Waals surface area contributed by atoms with Gasteiger partial charge in [0, 0.05) is 6.54 Å². The van der Waals surface area contributed by atoms with Crippen molar-refractivity contribution >= 4 is 10.9 Å². The first-order chi connectivity index (χ1) is 9.62. The number of nitrogens with one attached hydrogen (secondary N) is 1. The van der Waals surface area contributed by atoms with E-state index in [1.54, 1.807) is 0 Å². The number of halogens is 2. The normalized spacial score (nSPS) is 49.3. The van der Waals surface area contributed by atoms with Gasteiger partial charge >= 0.3 is 5.25 Å². The Bertz CT molecular complexity index is 467. The van der Waals surface area contributed by atoms with Crippen molar-refractivity contribution in [2.75, 3.05) is 6.54 Å². The van der Waals surface area contributed by atoms with E-state index < -0.39 is 22.4 Å². The van der Waals surface area contributed by atoms with Crippen molar-refractivity contribution in [3.63, 3.8) is 0 Å². The zero-order valence-electron chi connectivity index (χ0n) is 11.5. The summed E-state index contributed by atoms with van der Waals surface area (Å²) in [6, 6.07) is 0. The van der Waals surface area contributed by atoms with E-state index in [-0.39, 0.29) is 12.0 Å². The van der Waals surface area contributed by atoms with Crippen molar-refractivity contribution in [3.05, 3.63) is 0 Å². The average Bonchev–Trinajstić information content (AvgIpc) is 2.85. The molecule has 3 atom stereocenters. The Labute approximate surface area is 123 Å². The smallest absolute Gasteiger partial charge is 0.372 e. The van der Waals surface area contributed by atoms with Gasteiger partial charge in [0.25, 0.3) is 0 Å². The molecule has 4 saturated carbocycles. The second-order valence-electron chi connectivity index (χ2n) is 7.53. The summed E-state index contributed by atoms with van der Waals surface area (Å²) in [5.74, 6) is 2.22. The van der Waals surface area contributed by atoms with Gasteiger partial charge in [-0.2, -0.15) is 8.78 Å². The fourth-order valence-corrected chi connectivity index (χ4v) is 6.64. The van der Waals surface area contributed by atoms with Gasteiger partial charge in [-0.3, -0.25) is 5.32 Å². The Balaban J connectivity index is 1.43. The van der Waals surface area contributed by atoms with E-state index in [1.807, 2.05) is 0 Å². The van der Waals surface area contributed by atoms with Gasteiger partial charge in [-0.25, -0.2) is 0 Å². The molecule has 5 nitrogen and oxygen atoms in total. The van der Waals surface area contributed by atoms with Crippen LogP contribution in [0.5, 0.6) is 0 Å². The SMILES string of the molecule is OC(NCC12CC3CC4CC(C1)C32C4)C(F)(F)S(O)(O)O. The van der Waals surface area contributed by atoms with Crippen molar-refractivity contribution in [2.45, 2.75) is 43.6 Å². The van der Waals surface area contributed by atoms with Gasteiger partial charge in [0.15, 0.2) is 17.1 Å². The molecule has 3 unspecified atom stereocenters. The number of fused-ring (bicyclic) bond motifs is 1. The summed E-state index contributed by atoms with van der Waals surface area (Å²) in [7, 11) is -5.12. The summed E-state index contributed by atoms with van der Waals surface area (Å²) >= 11 is 0. The molecule has 21 heavy (non-hydrogen) atoms. The fraction of sp³-hybridized carbons (Fsp3) is 1.00. The van der Waals surface area contributed by atoms with Gasteiger partial charge in [0.05, 0.1) is 0 Å². The molecule has 4 aliphatic rings. The lowest BCUT2D eigenvalue weighted by molar-refractivity contribution is -0.261. The van der Waals surface area contributed by atoms with Crippen LogP contribution in [0.15, 0.2) is 0 Å². The highest BCUT2D eigenvalue weighted by molar-refractivity contribution is 8.20. The zero-order chi connectivity index (χ0) is 15.3. The monoisotopic (exact) mass is 325 g/mol. The minimum atomic E-state index is -5.12. The van der Waals surface area contributed by atoms with Gasteiger partial charge in [0.1, 0.15) is 0 Å². The van der Waals surface area contributed by atoms with Crippen LogP contribution >= 0.6 is 10.9 Å². The Kier molecular flexibility index (Phi) is 2.72. The molecule has 0 saturated heterocycles. The third-order valence-electron chi connectivity index (χ3n) is 6.90. The average molecular weight is 325 g/mol. The number of rotatable bonds is 5. The molecule has 8 heteroatoms. The zero-order valence-corrected chi connectivity index (χ0v) is 12.3. The largest absolute Gasteiger partial charge is 0.379 e. The molecule has 0 radical (unpaired) electrons. The minimum Gasteiger partial charge on any atom is -0.372 e. The van der Waals surface area contributed by atoms with Crippen molar-refractivity contribution in [2.24, 2.45) is 28.6 Å². The van der Waals surface area contributed by atoms with E-state index >= 15 is 0 Å². The van der Waals surface area contributed by atoms with Crippen molar-refractivity contribution in [1.82, 2.24) is 5.32 Å². The molecule has 0 aliphatic heterocycles. The Morgan fingerprint density at radius 1 is 1.14 bits per heavy atom. The van der Waals surface area contributed by atoms with Crippen LogP contribution in [0.4, 0.5) is 8.78 Å². The van der Waals surface area contributed by atoms with E-state index in [4.69, 9.17) is 13.7 Å². The maximum Gasteiger partial charge on any atom is 0.379 e. The van der Waals surface area contributed by atoms with Crippen molar-refractivity contribution < 1.29 is 27.5 Å². The lowest BCUT2D eigenvalue weighted by Gasteiger charge is -2.75. The lowest BCUT2D eigenvalue weighted by atomic mass is 9.30. The highest BCUT2D eigenvalue weighted by Crippen LogP contribution is 2.86. The molecule has 4 aliphatic carbocycles. The number of hydrogen-bond donors (Lipinski definition) is 5. The van der Waals surface area contributed by atoms with Crippen LogP contribution in [0.25, 0.3) is 0 Å². The third-order valence-corrected chi connectivity index (χ3v) is 7.85. The summed E-state index contributed by atoms with van der Waals surface area (Å²) in [5.41, 5.74) is 0.282. The summed E-state index contributed by atoms with van der Waals surface area (Å²) in [4.78, 5) is 0. The lowest BCUT2D eigenvalue weighted by Crippen LogP contribution is -2.72. The highest BCUT2D eigenvalue weighted by atomic mass is 32.3. The van der Waals surface area contributed by atoms with E-state index in [2.05, 4.69) is 5.32 Å². The van der Waals surface area contributed by atoms with Crippen LogP contribution in [-0.4, -0.2) is 36.8 Å². The summed E-state index contributed by atoms with van der Waals surface area (Å²) in [6.45, 7) is 0.249. The van der Waals surface area contributed by atoms with E-state index in [9.17, 15) is 13.9 Å². The molecule has 0 amide bonds. The molecule has 1 spiro atoms. The number of aliphatic hydroxyl groups excluding tert-OH is 1. The topological polar surface area (TPSA) is 93.0 Å². The Hall–Kier alpha value is 0.01000. The van der Waals surface area contributed by atoms with Crippen LogP contribution in [0.2, 0.25) is 0 Å². The molecular formula is C13H21F2NO4S. The van der Waals surface area contributed by atoms with E-state index in [0.29, 0.717) is 17.3 Å². The molecule has 0 heterocycles. The maximum atomic E-state index is 13.5. The second-order valence-corrected chi connectivity index (χ2v) is 9.11. The summed E-state index contributed by atoms with van der Waals surface area (Å²) < 4.78 is 53.1. The van der Waals surface area contributed by atoms with Gasteiger partial charge in [-0.1, -0.05) is 0 Å². The summed E-state index contributed by atoms with van der Waals surface area (Å²) in [5, 5.41) is 7.49. The molecule has 4 fully saturated rings. The number of hydrogen-bond acceptors (Lipinski definition) is 5. The van der Waals surface area contributed by atoms with Crippen molar-refractivity contribution in [3.8, 4) is 0 Å². The highest BCUT2D eigenvalue weighted by Gasteiger charge is 2.80. The number of alkyl halides is 2. The first kappa shape index (κ1) is 14.6. The molecule has 122 valence electrons. The van der Waals surface area contributed by atoms with E-state index in [1.165, 1.54) is 19.3 Å². The standard InChI is InChI=1S/C13H21F2NO4S/c14-13(15,21(18,19)20)10(17)16-6-11-4-8-1-7-2-9(5-11)12(8,11)3-7/h7-10,16-20H,1-6H2. The van der Waals surface area contributed by atoms with Crippen LogP contribution < -0.4 is 5.32 Å².